The van der Waals surface area contributed by atoms with E-state index in [1.807, 2.05) is 45.1 Å². The molecule has 3 rings (SSSR count). The Bertz CT molecular complexity index is 937. The number of carbonyl (C=O) groups excluding carboxylic acids is 1. The third-order valence-corrected chi connectivity index (χ3v) is 13.4. The first-order valence-corrected chi connectivity index (χ1v) is 17.9. The Labute approximate surface area is 244 Å². The highest BCUT2D eigenvalue weighted by Gasteiger charge is 2.45. The second-order valence-electron chi connectivity index (χ2n) is 12.1. The van der Waals surface area contributed by atoms with Gasteiger partial charge in [-0.15, -0.1) is 12.3 Å². The summed E-state index contributed by atoms with van der Waals surface area (Å²) in [5.41, 5.74) is 0. The molecule has 0 radical (unpaired) electrons. The second-order valence-corrected chi connectivity index (χ2v) is 16.8. The third-order valence-electron chi connectivity index (χ3n) is 8.73. The lowest BCUT2D eigenvalue weighted by molar-refractivity contribution is -0.168. The zero-order chi connectivity index (χ0) is 29.3. The average molecular weight is 573 g/mol. The maximum atomic E-state index is 13.4. The van der Waals surface area contributed by atoms with Gasteiger partial charge in [-0.2, -0.15) is 0 Å². The first-order valence-electron chi connectivity index (χ1n) is 15.4. The number of terminal acetylenes is 1. The highest BCUT2D eigenvalue weighted by atomic mass is 28.4. The molecule has 7 heteroatoms. The van der Waals surface area contributed by atoms with Gasteiger partial charge in [-0.05, 0) is 64.6 Å². The zero-order valence-electron chi connectivity index (χ0n) is 25.8. The van der Waals surface area contributed by atoms with Crippen LogP contribution in [0.5, 0.6) is 0 Å². The predicted molar refractivity (Wildman–Crippen MR) is 162 cm³/mol. The van der Waals surface area contributed by atoms with Crippen LogP contribution in [0.25, 0.3) is 0 Å². The first-order chi connectivity index (χ1) is 19.1. The van der Waals surface area contributed by atoms with E-state index in [9.17, 15) is 4.79 Å². The van der Waals surface area contributed by atoms with Crippen LogP contribution in [0.3, 0.4) is 0 Å². The van der Waals surface area contributed by atoms with E-state index in [0.717, 1.165) is 43.8 Å². The Morgan fingerprint density at radius 1 is 1.05 bits per heavy atom. The SMILES string of the molecule is C#CC[C@@H](C)[C@H]1OC(=O)[C@H](C)/C=C/C=C/[C@H]2OC(C)(C)O[C@@H]2/C=C/CC[C@H]2CC[C@H](O2)[C@H]1O[Si](CC)(CC)CC. The van der Waals surface area contributed by atoms with E-state index in [1.165, 1.54) is 0 Å². The lowest BCUT2D eigenvalue weighted by Crippen LogP contribution is -2.52. The molecule has 6 nitrogen and oxygen atoms in total. The Morgan fingerprint density at radius 2 is 1.70 bits per heavy atom. The number of cyclic esters (lactones) is 1. The van der Waals surface area contributed by atoms with Crippen molar-refractivity contribution >= 4 is 14.3 Å². The first kappa shape index (κ1) is 32.8. The molecule has 2 fully saturated rings. The number of ether oxygens (including phenoxy) is 4. The number of esters is 1. The molecule has 224 valence electrons. The fourth-order valence-electron chi connectivity index (χ4n) is 5.99. The number of hydrogen-bond donors (Lipinski definition) is 0. The Morgan fingerprint density at radius 3 is 2.35 bits per heavy atom. The van der Waals surface area contributed by atoms with Crippen LogP contribution in [0.1, 0.15) is 80.6 Å². The van der Waals surface area contributed by atoms with Crippen molar-refractivity contribution in [3.05, 3.63) is 36.5 Å². The lowest BCUT2D eigenvalue weighted by atomic mass is 9.92. The molecule has 2 bridgehead atoms. The maximum Gasteiger partial charge on any atom is 0.312 e. The molecule has 8 atom stereocenters. The van der Waals surface area contributed by atoms with Crippen molar-refractivity contribution in [2.45, 2.75) is 141 Å². The maximum absolute atomic E-state index is 13.4. The summed E-state index contributed by atoms with van der Waals surface area (Å²) in [6, 6.07) is 3.04. The summed E-state index contributed by atoms with van der Waals surface area (Å²) in [5.74, 6) is 1.37. The average Bonchev–Trinajstić information content (AvgIpc) is 3.51. The van der Waals surface area contributed by atoms with E-state index in [2.05, 4.69) is 45.8 Å². The quantitative estimate of drug-likeness (QED) is 0.140. The molecule has 2 saturated heterocycles. The summed E-state index contributed by atoms with van der Waals surface area (Å²) < 4.78 is 32.3. The number of rotatable bonds is 7. The summed E-state index contributed by atoms with van der Waals surface area (Å²) in [5, 5.41) is 0. The van der Waals surface area contributed by atoms with Crippen LogP contribution in [0.4, 0.5) is 0 Å². The van der Waals surface area contributed by atoms with E-state index in [1.54, 1.807) is 0 Å². The van der Waals surface area contributed by atoms with Gasteiger partial charge >= 0.3 is 5.97 Å². The minimum atomic E-state index is -2.04. The van der Waals surface area contributed by atoms with Gasteiger partial charge in [0.15, 0.2) is 14.1 Å². The van der Waals surface area contributed by atoms with Gasteiger partial charge in [0.25, 0.3) is 0 Å². The van der Waals surface area contributed by atoms with Crippen LogP contribution in [-0.2, 0) is 28.2 Å². The van der Waals surface area contributed by atoms with Gasteiger partial charge in [-0.3, -0.25) is 4.79 Å². The molecule has 3 aliphatic rings. The molecule has 0 amide bonds. The molecule has 0 N–H and O–H groups in total. The summed E-state index contributed by atoms with van der Waals surface area (Å²) in [7, 11) is -2.04. The van der Waals surface area contributed by atoms with Crippen LogP contribution in [0.2, 0.25) is 18.1 Å². The monoisotopic (exact) mass is 572 g/mol. The molecule has 0 unspecified atom stereocenters. The second kappa shape index (κ2) is 15.0. The molecule has 3 heterocycles. The van der Waals surface area contributed by atoms with E-state index in [-0.39, 0.29) is 42.4 Å². The van der Waals surface area contributed by atoms with Gasteiger partial charge in [0.2, 0.25) is 0 Å². The number of hydrogen-bond acceptors (Lipinski definition) is 6. The number of fused-ring (bicyclic) bond motifs is 3. The van der Waals surface area contributed by atoms with Crippen LogP contribution in [0, 0.1) is 24.2 Å². The van der Waals surface area contributed by atoms with Crippen molar-refractivity contribution in [2.24, 2.45) is 11.8 Å². The summed E-state index contributed by atoms with van der Waals surface area (Å²) in [4.78, 5) is 13.4. The molecule has 0 aromatic carbocycles. The molecule has 3 aliphatic heterocycles. The summed E-state index contributed by atoms with van der Waals surface area (Å²) >= 11 is 0. The molecule has 0 spiro atoms. The van der Waals surface area contributed by atoms with Gasteiger partial charge in [0, 0.05) is 12.3 Å². The minimum absolute atomic E-state index is 0.0525. The van der Waals surface area contributed by atoms with Gasteiger partial charge in [0.1, 0.15) is 24.4 Å². The molecule has 0 aliphatic carbocycles. The van der Waals surface area contributed by atoms with Crippen molar-refractivity contribution in [3.63, 3.8) is 0 Å². The van der Waals surface area contributed by atoms with E-state index >= 15 is 0 Å². The zero-order valence-corrected chi connectivity index (χ0v) is 26.8. The van der Waals surface area contributed by atoms with Crippen LogP contribution >= 0.6 is 0 Å². The van der Waals surface area contributed by atoms with Crippen molar-refractivity contribution < 1.29 is 28.2 Å². The highest BCUT2D eigenvalue weighted by molar-refractivity contribution is 6.73. The molecule has 0 saturated carbocycles. The lowest BCUT2D eigenvalue weighted by Gasteiger charge is -2.41. The fourth-order valence-corrected chi connectivity index (χ4v) is 8.85. The van der Waals surface area contributed by atoms with Gasteiger partial charge < -0.3 is 23.4 Å². The van der Waals surface area contributed by atoms with Crippen LogP contribution < -0.4 is 0 Å². The van der Waals surface area contributed by atoms with Gasteiger partial charge in [-0.25, -0.2) is 0 Å². The summed E-state index contributed by atoms with van der Waals surface area (Å²) in [6.45, 7) is 14.5. The summed E-state index contributed by atoms with van der Waals surface area (Å²) in [6.07, 6.45) is 20.7. The molecular formula is C33H52O6Si. The van der Waals surface area contributed by atoms with Gasteiger partial charge in [-0.1, -0.05) is 64.2 Å². The standard InChI is InChI=1S/C33H52O6Si/c1-9-17-24(5)30-31(39-40(10-2,11-3)12-4)29-23-22-26(35-29)19-14-16-21-28-27(37-33(7,8)38-28)20-15-13-18-25(6)32(34)36-30/h1,13,15-16,18,20-21,24-31H,10-12,14,17,19,22-23H2,2-8H3/b18-13+,20-15+,21-16+/t24-,25-,26+,27-,28-,29+,30-,31-/m1/s1. The molecule has 0 aromatic heterocycles. The van der Waals surface area contributed by atoms with Crippen LogP contribution in [-0.4, -0.2) is 56.7 Å². The Kier molecular flexibility index (Phi) is 12.3. The van der Waals surface area contributed by atoms with E-state index < -0.39 is 26.1 Å². The van der Waals surface area contributed by atoms with Crippen molar-refractivity contribution in [2.75, 3.05) is 0 Å². The van der Waals surface area contributed by atoms with E-state index in [0.29, 0.717) is 6.42 Å². The third kappa shape index (κ3) is 8.66. The topological polar surface area (TPSA) is 63.2 Å². The largest absolute Gasteiger partial charge is 0.459 e. The van der Waals surface area contributed by atoms with Crippen LogP contribution in [0.15, 0.2) is 36.5 Å². The van der Waals surface area contributed by atoms with E-state index in [4.69, 9.17) is 29.8 Å². The van der Waals surface area contributed by atoms with Crippen molar-refractivity contribution in [3.8, 4) is 12.3 Å². The van der Waals surface area contributed by atoms with Crippen molar-refractivity contribution in [1.29, 1.82) is 0 Å². The fraction of sp³-hybridized carbons (Fsp3) is 0.727. The normalized spacial score (nSPS) is 36.4. The highest BCUT2D eigenvalue weighted by Crippen LogP contribution is 2.36. The Hall–Kier alpha value is -1.69. The van der Waals surface area contributed by atoms with Gasteiger partial charge in [0.05, 0.1) is 18.1 Å². The predicted octanol–water partition coefficient (Wildman–Crippen LogP) is 7.11. The smallest absolute Gasteiger partial charge is 0.312 e. The Balaban J connectivity index is 1.94. The number of carbonyl (C=O) groups is 1. The molecule has 0 aromatic rings. The number of allylic oxidation sites excluding steroid dienone is 3. The molecular weight excluding hydrogens is 520 g/mol. The minimum Gasteiger partial charge on any atom is -0.459 e. The van der Waals surface area contributed by atoms with Crippen molar-refractivity contribution in [1.82, 2.24) is 0 Å². The molecule has 40 heavy (non-hydrogen) atoms.